The third-order valence-corrected chi connectivity index (χ3v) is 3.42. The number of hydrogen-bond acceptors (Lipinski definition) is 2. The van der Waals surface area contributed by atoms with Crippen LogP contribution in [0.2, 0.25) is 0 Å². The highest BCUT2D eigenvalue weighted by Crippen LogP contribution is 2.15. The zero-order valence-corrected chi connectivity index (χ0v) is 12.5. The molecule has 0 aliphatic rings. The maximum Gasteiger partial charge on any atom is 0.337 e. The molecule has 0 bridgehead atoms. The summed E-state index contributed by atoms with van der Waals surface area (Å²) >= 11 is 0. The van der Waals surface area contributed by atoms with Gasteiger partial charge in [0.2, 0.25) is 5.91 Å². The average molecular weight is 297 g/mol. The van der Waals surface area contributed by atoms with Gasteiger partial charge in [-0.25, -0.2) is 4.79 Å². The van der Waals surface area contributed by atoms with Crippen LogP contribution in [0.1, 0.15) is 34.3 Å². The van der Waals surface area contributed by atoms with Crippen molar-refractivity contribution in [1.29, 1.82) is 0 Å². The van der Waals surface area contributed by atoms with Gasteiger partial charge in [0.05, 0.1) is 11.3 Å². The molecule has 0 saturated heterocycles. The summed E-state index contributed by atoms with van der Waals surface area (Å²) < 4.78 is 0. The highest BCUT2D eigenvalue weighted by Gasteiger charge is 2.11. The van der Waals surface area contributed by atoms with E-state index in [0.717, 1.165) is 12.8 Å². The van der Waals surface area contributed by atoms with E-state index in [1.54, 1.807) is 18.2 Å². The first-order chi connectivity index (χ1) is 10.6. The number of carboxylic acid groups (broad SMARTS) is 1. The third-order valence-electron chi connectivity index (χ3n) is 3.42. The van der Waals surface area contributed by atoms with Gasteiger partial charge in [0, 0.05) is 6.42 Å². The molecule has 1 amide bonds. The molecule has 114 valence electrons. The molecular weight excluding hydrogens is 278 g/mol. The van der Waals surface area contributed by atoms with E-state index in [-0.39, 0.29) is 11.5 Å². The number of para-hydroxylation sites is 1. The van der Waals surface area contributed by atoms with Crippen molar-refractivity contribution in [3.63, 3.8) is 0 Å². The summed E-state index contributed by atoms with van der Waals surface area (Å²) in [5, 5.41) is 11.7. The minimum absolute atomic E-state index is 0.106. The molecule has 2 N–H and O–H groups in total. The summed E-state index contributed by atoms with van der Waals surface area (Å²) in [4.78, 5) is 23.0. The van der Waals surface area contributed by atoms with Crippen LogP contribution in [0.25, 0.3) is 0 Å². The van der Waals surface area contributed by atoms with Gasteiger partial charge in [-0.2, -0.15) is 0 Å². The van der Waals surface area contributed by atoms with Crippen molar-refractivity contribution in [2.45, 2.75) is 26.2 Å². The maximum atomic E-state index is 11.9. The monoisotopic (exact) mass is 297 g/mol. The minimum Gasteiger partial charge on any atom is -0.478 e. The number of benzene rings is 2. The number of aromatic carboxylic acids is 1. The van der Waals surface area contributed by atoms with Gasteiger partial charge in [0.25, 0.3) is 0 Å². The van der Waals surface area contributed by atoms with Crippen molar-refractivity contribution in [3.8, 4) is 0 Å². The first kappa shape index (κ1) is 15.8. The molecule has 0 saturated carbocycles. The van der Waals surface area contributed by atoms with Crippen LogP contribution in [0.15, 0.2) is 48.5 Å². The summed E-state index contributed by atoms with van der Waals surface area (Å²) in [5.74, 6) is -1.21. The molecule has 0 aliphatic heterocycles. The predicted octanol–water partition coefficient (Wildman–Crippen LogP) is 3.65. The summed E-state index contributed by atoms with van der Waals surface area (Å²) in [6.07, 6.45) is 1.92. The van der Waals surface area contributed by atoms with E-state index in [2.05, 4.69) is 29.6 Å². The van der Waals surface area contributed by atoms with Crippen molar-refractivity contribution >= 4 is 17.6 Å². The number of rotatable bonds is 6. The first-order valence-corrected chi connectivity index (χ1v) is 7.24. The van der Waals surface area contributed by atoms with Gasteiger partial charge in [-0.3, -0.25) is 4.79 Å². The van der Waals surface area contributed by atoms with E-state index in [9.17, 15) is 9.59 Å². The molecule has 4 heteroatoms. The summed E-state index contributed by atoms with van der Waals surface area (Å²) in [6.45, 7) is 2.04. The van der Waals surface area contributed by atoms with Crippen molar-refractivity contribution in [2.75, 3.05) is 5.32 Å². The van der Waals surface area contributed by atoms with Gasteiger partial charge in [-0.15, -0.1) is 0 Å². The van der Waals surface area contributed by atoms with Crippen molar-refractivity contribution in [3.05, 3.63) is 65.2 Å². The highest BCUT2D eigenvalue weighted by atomic mass is 16.4. The van der Waals surface area contributed by atoms with Crippen LogP contribution in [0.4, 0.5) is 5.69 Å². The number of carbonyl (C=O) groups excluding carboxylic acids is 1. The van der Waals surface area contributed by atoms with Gasteiger partial charge in [0.1, 0.15) is 0 Å². The van der Waals surface area contributed by atoms with Crippen LogP contribution < -0.4 is 5.32 Å². The molecule has 0 aromatic heterocycles. The Kier molecular flexibility index (Phi) is 5.31. The van der Waals surface area contributed by atoms with E-state index in [1.165, 1.54) is 17.2 Å². The van der Waals surface area contributed by atoms with Crippen molar-refractivity contribution in [1.82, 2.24) is 0 Å². The lowest BCUT2D eigenvalue weighted by Gasteiger charge is -2.08. The molecule has 0 unspecified atom stereocenters. The molecule has 0 atom stereocenters. The maximum absolute atomic E-state index is 11.9. The zero-order chi connectivity index (χ0) is 15.9. The van der Waals surface area contributed by atoms with E-state index in [1.807, 2.05) is 6.92 Å². The second-order valence-corrected chi connectivity index (χ2v) is 5.24. The van der Waals surface area contributed by atoms with E-state index in [0.29, 0.717) is 12.1 Å². The normalized spacial score (nSPS) is 10.2. The molecule has 0 aliphatic carbocycles. The minimum atomic E-state index is -1.05. The van der Waals surface area contributed by atoms with Gasteiger partial charge in [-0.05, 0) is 37.5 Å². The molecule has 0 spiro atoms. The standard InChI is InChI=1S/C18H19NO3/c1-13-9-11-14(12-10-13)5-4-8-17(20)19-16-7-3-2-6-15(16)18(21)22/h2-3,6-7,9-12H,4-5,8H2,1H3,(H,19,20)(H,21,22). The third kappa shape index (κ3) is 4.45. The molecular formula is C18H19NO3. The zero-order valence-electron chi connectivity index (χ0n) is 12.5. The fourth-order valence-corrected chi connectivity index (χ4v) is 2.20. The summed E-state index contributed by atoms with van der Waals surface area (Å²) in [7, 11) is 0. The number of nitrogens with one attached hydrogen (secondary N) is 1. The van der Waals surface area contributed by atoms with E-state index in [4.69, 9.17) is 5.11 Å². The van der Waals surface area contributed by atoms with Gasteiger partial charge in [-0.1, -0.05) is 42.0 Å². The molecule has 4 nitrogen and oxygen atoms in total. The topological polar surface area (TPSA) is 66.4 Å². The predicted molar refractivity (Wildman–Crippen MR) is 86.1 cm³/mol. The second-order valence-electron chi connectivity index (χ2n) is 5.24. The molecule has 0 radical (unpaired) electrons. The number of carboxylic acids is 1. The Balaban J connectivity index is 1.86. The van der Waals surface area contributed by atoms with Crippen LogP contribution in [0, 0.1) is 6.92 Å². The molecule has 2 rings (SSSR count). The number of anilines is 1. The smallest absolute Gasteiger partial charge is 0.337 e. The summed E-state index contributed by atoms with van der Waals surface area (Å²) in [6, 6.07) is 14.6. The Hall–Kier alpha value is -2.62. The molecule has 0 fully saturated rings. The number of amides is 1. The lowest BCUT2D eigenvalue weighted by atomic mass is 10.1. The number of aryl methyl sites for hydroxylation is 2. The Labute approximate surface area is 129 Å². The average Bonchev–Trinajstić information content (AvgIpc) is 2.49. The van der Waals surface area contributed by atoms with Crippen molar-refractivity contribution < 1.29 is 14.7 Å². The summed E-state index contributed by atoms with van der Waals surface area (Å²) in [5.41, 5.74) is 2.86. The molecule has 2 aromatic carbocycles. The first-order valence-electron chi connectivity index (χ1n) is 7.24. The van der Waals surface area contributed by atoms with Crippen LogP contribution in [0.3, 0.4) is 0 Å². The van der Waals surface area contributed by atoms with Gasteiger partial charge in [0.15, 0.2) is 0 Å². The van der Waals surface area contributed by atoms with E-state index >= 15 is 0 Å². The Morgan fingerprint density at radius 3 is 2.41 bits per heavy atom. The fraction of sp³-hybridized carbons (Fsp3) is 0.222. The Bertz CT molecular complexity index is 662. The highest BCUT2D eigenvalue weighted by molar-refractivity contribution is 6.00. The molecule has 22 heavy (non-hydrogen) atoms. The van der Waals surface area contributed by atoms with Crippen LogP contribution in [0.5, 0.6) is 0 Å². The van der Waals surface area contributed by atoms with Crippen LogP contribution >= 0.6 is 0 Å². The Morgan fingerprint density at radius 2 is 1.73 bits per heavy atom. The van der Waals surface area contributed by atoms with Crippen molar-refractivity contribution in [2.24, 2.45) is 0 Å². The lowest BCUT2D eigenvalue weighted by molar-refractivity contribution is -0.116. The quantitative estimate of drug-likeness (QED) is 0.855. The fourth-order valence-electron chi connectivity index (χ4n) is 2.20. The lowest BCUT2D eigenvalue weighted by Crippen LogP contribution is -2.14. The molecule has 0 heterocycles. The number of carbonyl (C=O) groups is 2. The second kappa shape index (κ2) is 7.41. The largest absolute Gasteiger partial charge is 0.478 e. The number of hydrogen-bond donors (Lipinski definition) is 2. The van der Waals surface area contributed by atoms with Gasteiger partial charge >= 0.3 is 5.97 Å². The molecule has 2 aromatic rings. The van der Waals surface area contributed by atoms with E-state index < -0.39 is 5.97 Å². The van der Waals surface area contributed by atoms with Crippen LogP contribution in [-0.4, -0.2) is 17.0 Å². The SMILES string of the molecule is Cc1ccc(CCCC(=O)Nc2ccccc2C(=O)O)cc1. The Morgan fingerprint density at radius 1 is 1.05 bits per heavy atom. The van der Waals surface area contributed by atoms with Crippen LogP contribution in [-0.2, 0) is 11.2 Å². The van der Waals surface area contributed by atoms with Gasteiger partial charge < -0.3 is 10.4 Å².